The van der Waals surface area contributed by atoms with E-state index in [1.807, 2.05) is 0 Å². The van der Waals surface area contributed by atoms with Gasteiger partial charge < -0.3 is 9.29 Å². The Labute approximate surface area is 145 Å². The van der Waals surface area contributed by atoms with E-state index in [9.17, 15) is 17.9 Å². The van der Waals surface area contributed by atoms with Crippen LogP contribution in [0.1, 0.15) is 16.7 Å². The van der Waals surface area contributed by atoms with Gasteiger partial charge in [-0.1, -0.05) is 46.9 Å². The molecule has 0 N–H and O–H groups in total. The average Bonchev–Trinajstić information content (AvgIpc) is 2.89. The van der Waals surface area contributed by atoms with E-state index >= 15 is 0 Å². The number of ether oxygens (including phenoxy) is 1. The zero-order valence-corrected chi connectivity index (χ0v) is 13.8. The monoisotopic (exact) mass is 365 g/mol. The summed E-state index contributed by atoms with van der Waals surface area (Å²) in [6, 6.07) is 10.6. The summed E-state index contributed by atoms with van der Waals surface area (Å²) in [5, 5.41) is 0.125. The molecule has 1 heterocycles. The van der Waals surface area contributed by atoms with E-state index in [2.05, 4.69) is 0 Å². The molecule has 0 radical (unpaired) electrons. The summed E-state index contributed by atoms with van der Waals surface area (Å²) in [7, 11) is 0. The lowest BCUT2D eigenvalue weighted by Crippen LogP contribution is -1.99. The highest BCUT2D eigenvalue weighted by Crippen LogP contribution is 2.36. The molecular formula is C17H11ClFO4S-. The van der Waals surface area contributed by atoms with Crippen LogP contribution in [0.2, 0.25) is 5.02 Å². The minimum absolute atomic E-state index is 0.0780. The molecule has 0 aromatic heterocycles. The van der Waals surface area contributed by atoms with Crippen LogP contribution in [0.25, 0.3) is 11.1 Å². The van der Waals surface area contributed by atoms with Crippen molar-refractivity contribution in [3.05, 3.63) is 70.0 Å². The third-order valence-electron chi connectivity index (χ3n) is 3.64. The van der Waals surface area contributed by atoms with Crippen LogP contribution in [0, 0.1) is 5.82 Å². The molecule has 2 aromatic rings. The normalized spacial score (nSPS) is 15.5. The van der Waals surface area contributed by atoms with E-state index in [0.717, 1.165) is 11.6 Å². The molecule has 124 valence electrons. The molecule has 1 atom stereocenters. The minimum atomic E-state index is -2.17. The first-order valence-electron chi connectivity index (χ1n) is 6.96. The fourth-order valence-corrected chi connectivity index (χ4v) is 3.26. The largest absolute Gasteiger partial charge is 0.772 e. The van der Waals surface area contributed by atoms with Gasteiger partial charge in [-0.05, 0) is 29.3 Å². The maximum atomic E-state index is 13.2. The standard InChI is InChI=1S/C17H12ClFO4S/c18-15-7-12(19)5-6-13(15)16-14(8-23-17(16)20)11-3-1-10(2-4-11)9-24(21)22/h1-7H,8-9H2,(H,21,22)/p-1. The Kier molecular flexibility index (Phi) is 4.80. The van der Waals surface area contributed by atoms with Crippen molar-refractivity contribution in [2.75, 3.05) is 6.61 Å². The number of hydrogen-bond acceptors (Lipinski definition) is 4. The van der Waals surface area contributed by atoms with Gasteiger partial charge in [0.2, 0.25) is 0 Å². The predicted molar refractivity (Wildman–Crippen MR) is 88.2 cm³/mol. The molecule has 0 bridgehead atoms. The molecule has 3 rings (SSSR count). The Hall–Kier alpha value is -2.02. The van der Waals surface area contributed by atoms with Gasteiger partial charge in [0.05, 0.1) is 10.6 Å². The molecule has 1 unspecified atom stereocenters. The second-order valence-electron chi connectivity index (χ2n) is 5.20. The molecule has 7 heteroatoms. The van der Waals surface area contributed by atoms with Crippen LogP contribution in [0.5, 0.6) is 0 Å². The smallest absolute Gasteiger partial charge is 0.339 e. The lowest BCUT2D eigenvalue weighted by molar-refractivity contribution is -0.133. The van der Waals surface area contributed by atoms with Crippen LogP contribution < -0.4 is 0 Å². The van der Waals surface area contributed by atoms with Crippen LogP contribution in [0.15, 0.2) is 42.5 Å². The van der Waals surface area contributed by atoms with E-state index in [1.165, 1.54) is 12.1 Å². The number of benzene rings is 2. The number of esters is 1. The minimum Gasteiger partial charge on any atom is -0.772 e. The van der Waals surface area contributed by atoms with Gasteiger partial charge in [0.1, 0.15) is 12.4 Å². The van der Waals surface area contributed by atoms with Crippen molar-refractivity contribution in [3.63, 3.8) is 0 Å². The Morgan fingerprint density at radius 3 is 2.54 bits per heavy atom. The van der Waals surface area contributed by atoms with Crippen molar-refractivity contribution in [2.24, 2.45) is 0 Å². The molecule has 0 spiro atoms. The fraction of sp³-hybridized carbons (Fsp3) is 0.118. The molecule has 0 saturated heterocycles. The van der Waals surface area contributed by atoms with Crippen molar-refractivity contribution in [2.45, 2.75) is 5.75 Å². The number of halogens is 2. The lowest BCUT2D eigenvalue weighted by atomic mass is 9.96. The highest BCUT2D eigenvalue weighted by Gasteiger charge is 2.28. The van der Waals surface area contributed by atoms with Crippen molar-refractivity contribution in [3.8, 4) is 0 Å². The Balaban J connectivity index is 2.04. The van der Waals surface area contributed by atoms with E-state index in [0.29, 0.717) is 22.3 Å². The zero-order chi connectivity index (χ0) is 17.3. The van der Waals surface area contributed by atoms with Gasteiger partial charge in [0.25, 0.3) is 0 Å². The molecule has 1 aliphatic rings. The second-order valence-corrected chi connectivity index (χ2v) is 6.50. The fourth-order valence-electron chi connectivity index (χ4n) is 2.54. The second kappa shape index (κ2) is 6.84. The Morgan fingerprint density at radius 1 is 1.21 bits per heavy atom. The summed E-state index contributed by atoms with van der Waals surface area (Å²) in [5.74, 6) is -1.10. The third-order valence-corrected chi connectivity index (χ3v) is 4.52. The molecule has 1 aliphatic heterocycles. The molecular weight excluding hydrogens is 355 g/mol. The first kappa shape index (κ1) is 16.8. The summed E-state index contributed by atoms with van der Waals surface area (Å²) >= 11 is 3.89. The zero-order valence-electron chi connectivity index (χ0n) is 12.3. The first-order valence-corrected chi connectivity index (χ1v) is 8.59. The van der Waals surface area contributed by atoms with Gasteiger partial charge in [0.15, 0.2) is 0 Å². The van der Waals surface area contributed by atoms with Crippen LogP contribution in [-0.4, -0.2) is 21.3 Å². The van der Waals surface area contributed by atoms with Gasteiger partial charge in [-0.2, -0.15) is 0 Å². The van der Waals surface area contributed by atoms with Crippen molar-refractivity contribution >= 4 is 39.8 Å². The van der Waals surface area contributed by atoms with E-state index in [4.69, 9.17) is 16.3 Å². The molecule has 24 heavy (non-hydrogen) atoms. The topological polar surface area (TPSA) is 66.4 Å². The quantitative estimate of drug-likeness (QED) is 0.615. The van der Waals surface area contributed by atoms with Crippen molar-refractivity contribution in [1.82, 2.24) is 0 Å². The summed E-state index contributed by atoms with van der Waals surface area (Å²) in [4.78, 5) is 12.1. The molecule has 0 saturated carbocycles. The molecule has 4 nitrogen and oxygen atoms in total. The van der Waals surface area contributed by atoms with Crippen molar-refractivity contribution < 1.29 is 22.7 Å². The maximum absolute atomic E-state index is 13.2. The van der Waals surface area contributed by atoms with E-state index < -0.39 is 22.9 Å². The molecule has 0 amide bonds. The maximum Gasteiger partial charge on any atom is 0.339 e. The highest BCUT2D eigenvalue weighted by atomic mass is 35.5. The van der Waals surface area contributed by atoms with Crippen LogP contribution in [0.3, 0.4) is 0 Å². The number of rotatable bonds is 4. The Morgan fingerprint density at radius 2 is 1.92 bits per heavy atom. The highest BCUT2D eigenvalue weighted by molar-refractivity contribution is 7.78. The van der Waals surface area contributed by atoms with Gasteiger partial charge in [-0.25, -0.2) is 9.18 Å². The summed E-state index contributed by atoms with van der Waals surface area (Å²) in [5.41, 5.74) is 2.68. The van der Waals surface area contributed by atoms with E-state index in [1.54, 1.807) is 24.3 Å². The van der Waals surface area contributed by atoms with Crippen LogP contribution >= 0.6 is 11.6 Å². The van der Waals surface area contributed by atoms with Gasteiger partial charge in [0, 0.05) is 16.9 Å². The number of cyclic esters (lactones) is 1. The SMILES string of the molecule is O=C1OCC(c2ccc(CS(=O)[O-])cc2)=C1c1ccc(F)cc1Cl. The summed E-state index contributed by atoms with van der Waals surface area (Å²) < 4.78 is 39.8. The first-order chi connectivity index (χ1) is 11.5. The van der Waals surface area contributed by atoms with Crippen LogP contribution in [-0.2, 0) is 26.4 Å². The van der Waals surface area contributed by atoms with Crippen molar-refractivity contribution in [1.29, 1.82) is 0 Å². The van der Waals surface area contributed by atoms with Gasteiger partial charge >= 0.3 is 5.97 Å². The van der Waals surface area contributed by atoms with Gasteiger partial charge in [-0.3, -0.25) is 4.21 Å². The molecule has 0 aliphatic carbocycles. The average molecular weight is 366 g/mol. The van der Waals surface area contributed by atoms with Gasteiger partial charge in [-0.15, -0.1) is 0 Å². The van der Waals surface area contributed by atoms with E-state index in [-0.39, 0.29) is 17.4 Å². The molecule has 2 aromatic carbocycles. The number of carbonyl (C=O) groups excluding carboxylic acids is 1. The lowest BCUT2D eigenvalue weighted by Gasteiger charge is -2.08. The number of carbonyl (C=O) groups is 1. The predicted octanol–water partition coefficient (Wildman–Crippen LogP) is 3.33. The molecule has 0 fully saturated rings. The number of hydrogen-bond donors (Lipinski definition) is 0. The van der Waals surface area contributed by atoms with Crippen LogP contribution in [0.4, 0.5) is 4.39 Å². The summed E-state index contributed by atoms with van der Waals surface area (Å²) in [6.07, 6.45) is 0. The third kappa shape index (κ3) is 3.40. The summed E-state index contributed by atoms with van der Waals surface area (Å²) in [6.45, 7) is 0.0781. The Bertz CT molecular complexity index is 861.